The highest BCUT2D eigenvalue weighted by atomic mass is 16.1. The van der Waals surface area contributed by atoms with Gasteiger partial charge in [0.1, 0.15) is 0 Å². The second kappa shape index (κ2) is 4.75. The number of nitrogen functional groups attached to an aromatic ring is 1. The molecule has 4 nitrogen and oxygen atoms in total. The average Bonchev–Trinajstić information content (AvgIpc) is 2.33. The predicted octanol–water partition coefficient (Wildman–Crippen LogP) is 2.03. The summed E-state index contributed by atoms with van der Waals surface area (Å²) in [6.07, 6.45) is 4.40. The summed E-state index contributed by atoms with van der Waals surface area (Å²) in [4.78, 5) is 12.0. The van der Waals surface area contributed by atoms with Crippen molar-refractivity contribution in [2.75, 3.05) is 5.43 Å². The second-order valence-electron chi connectivity index (χ2n) is 4.66. The zero-order chi connectivity index (χ0) is 12.3. The molecule has 1 aromatic rings. The normalized spacial score (nSPS) is 17.1. The van der Waals surface area contributed by atoms with Gasteiger partial charge in [0.2, 0.25) is 0 Å². The minimum Gasteiger partial charge on any atom is -0.347 e. The van der Waals surface area contributed by atoms with Gasteiger partial charge in [0.15, 0.2) is 0 Å². The number of carbonyl (C=O) groups excluding carboxylic acids is 1. The van der Waals surface area contributed by atoms with Crippen molar-refractivity contribution < 1.29 is 4.79 Å². The molecule has 0 saturated heterocycles. The van der Waals surface area contributed by atoms with E-state index in [1.807, 2.05) is 0 Å². The van der Waals surface area contributed by atoms with Crippen molar-refractivity contribution in [3.63, 3.8) is 0 Å². The number of rotatable bonds is 4. The number of carbonyl (C=O) groups is 1. The van der Waals surface area contributed by atoms with Crippen LogP contribution in [0.1, 0.15) is 43.0 Å². The van der Waals surface area contributed by atoms with Crippen LogP contribution in [0.15, 0.2) is 24.3 Å². The first-order valence-corrected chi connectivity index (χ1v) is 6.08. The van der Waals surface area contributed by atoms with Crippen molar-refractivity contribution in [2.24, 2.45) is 5.84 Å². The number of hydrogen-bond donors (Lipinski definition) is 3. The third-order valence-electron chi connectivity index (χ3n) is 3.68. The van der Waals surface area contributed by atoms with Gasteiger partial charge < -0.3 is 10.7 Å². The Morgan fingerprint density at radius 2 is 2.00 bits per heavy atom. The summed E-state index contributed by atoms with van der Waals surface area (Å²) in [5.41, 5.74) is 4.07. The zero-order valence-corrected chi connectivity index (χ0v) is 10.1. The standard InChI is InChI=1S/C13H19N3O/c1-2-13(8-3-9-13)15-12(17)10-4-6-11(16-14)7-5-10/h4-7,16H,2-3,8-9,14H2,1H3,(H,15,17). The Kier molecular flexibility index (Phi) is 3.33. The Labute approximate surface area is 102 Å². The van der Waals surface area contributed by atoms with Gasteiger partial charge >= 0.3 is 0 Å². The van der Waals surface area contributed by atoms with E-state index in [2.05, 4.69) is 17.7 Å². The van der Waals surface area contributed by atoms with Crippen LogP contribution in [0, 0.1) is 0 Å². The van der Waals surface area contributed by atoms with Gasteiger partial charge in [-0.15, -0.1) is 0 Å². The van der Waals surface area contributed by atoms with Crippen molar-refractivity contribution in [3.8, 4) is 0 Å². The number of hydrazine groups is 1. The first-order valence-electron chi connectivity index (χ1n) is 6.08. The number of benzene rings is 1. The average molecular weight is 233 g/mol. The van der Waals surface area contributed by atoms with Crippen LogP contribution >= 0.6 is 0 Å². The number of amides is 1. The topological polar surface area (TPSA) is 67.2 Å². The van der Waals surface area contributed by atoms with Gasteiger partial charge in [-0.25, -0.2) is 0 Å². The summed E-state index contributed by atoms with van der Waals surface area (Å²) in [7, 11) is 0. The molecule has 1 amide bonds. The first kappa shape index (κ1) is 11.9. The molecule has 0 unspecified atom stereocenters. The van der Waals surface area contributed by atoms with Crippen LogP contribution in [0.4, 0.5) is 5.69 Å². The highest BCUT2D eigenvalue weighted by Crippen LogP contribution is 2.34. The highest BCUT2D eigenvalue weighted by Gasteiger charge is 2.36. The van der Waals surface area contributed by atoms with Crippen LogP contribution in [-0.4, -0.2) is 11.4 Å². The lowest BCUT2D eigenvalue weighted by molar-refractivity contribution is 0.0820. The van der Waals surface area contributed by atoms with Crippen molar-refractivity contribution in [1.82, 2.24) is 5.32 Å². The molecular weight excluding hydrogens is 214 g/mol. The first-order chi connectivity index (χ1) is 8.19. The molecule has 1 aromatic carbocycles. The van der Waals surface area contributed by atoms with Crippen molar-refractivity contribution >= 4 is 11.6 Å². The number of hydrogen-bond acceptors (Lipinski definition) is 3. The molecule has 1 aliphatic rings. The van der Waals surface area contributed by atoms with Gasteiger partial charge in [-0.05, 0) is 49.9 Å². The molecule has 0 aliphatic heterocycles. The lowest BCUT2D eigenvalue weighted by Gasteiger charge is -2.42. The van der Waals surface area contributed by atoms with Gasteiger partial charge in [-0.1, -0.05) is 6.92 Å². The van der Waals surface area contributed by atoms with E-state index in [-0.39, 0.29) is 11.4 Å². The quantitative estimate of drug-likeness (QED) is 0.550. The van der Waals surface area contributed by atoms with E-state index in [4.69, 9.17) is 5.84 Å². The maximum atomic E-state index is 12.0. The van der Waals surface area contributed by atoms with Crippen LogP contribution < -0.4 is 16.6 Å². The Bertz CT molecular complexity index is 390. The lowest BCUT2D eigenvalue weighted by atomic mass is 9.74. The second-order valence-corrected chi connectivity index (χ2v) is 4.66. The van der Waals surface area contributed by atoms with E-state index in [9.17, 15) is 4.79 Å². The Morgan fingerprint density at radius 1 is 1.35 bits per heavy atom. The third kappa shape index (κ3) is 2.42. The van der Waals surface area contributed by atoms with Crippen LogP contribution in [0.3, 0.4) is 0 Å². The van der Waals surface area contributed by atoms with Crippen LogP contribution in [0.2, 0.25) is 0 Å². The van der Waals surface area contributed by atoms with Gasteiger partial charge in [-0.3, -0.25) is 10.6 Å². The monoisotopic (exact) mass is 233 g/mol. The van der Waals surface area contributed by atoms with Gasteiger partial charge in [0, 0.05) is 16.8 Å². The van der Waals surface area contributed by atoms with E-state index in [0.29, 0.717) is 5.56 Å². The minimum atomic E-state index is 0.00937. The zero-order valence-electron chi connectivity index (χ0n) is 10.1. The summed E-state index contributed by atoms with van der Waals surface area (Å²) >= 11 is 0. The molecule has 0 heterocycles. The molecule has 4 heteroatoms. The van der Waals surface area contributed by atoms with E-state index in [0.717, 1.165) is 24.9 Å². The maximum absolute atomic E-state index is 12.0. The van der Waals surface area contributed by atoms with E-state index in [1.54, 1.807) is 24.3 Å². The molecule has 0 spiro atoms. The molecule has 2 rings (SSSR count). The predicted molar refractivity (Wildman–Crippen MR) is 68.6 cm³/mol. The van der Waals surface area contributed by atoms with Gasteiger partial charge in [0.25, 0.3) is 5.91 Å². The molecular formula is C13H19N3O. The molecule has 0 bridgehead atoms. The fourth-order valence-electron chi connectivity index (χ4n) is 2.20. The molecule has 17 heavy (non-hydrogen) atoms. The van der Waals surface area contributed by atoms with Crippen LogP contribution in [-0.2, 0) is 0 Å². The fraction of sp³-hybridized carbons (Fsp3) is 0.462. The summed E-state index contributed by atoms with van der Waals surface area (Å²) in [6.45, 7) is 2.13. The SMILES string of the molecule is CCC1(NC(=O)c2ccc(NN)cc2)CCC1. The lowest BCUT2D eigenvalue weighted by Crippen LogP contribution is -2.52. The Morgan fingerprint density at radius 3 is 2.41 bits per heavy atom. The van der Waals surface area contributed by atoms with Crippen LogP contribution in [0.25, 0.3) is 0 Å². The largest absolute Gasteiger partial charge is 0.347 e. The molecule has 0 radical (unpaired) electrons. The van der Waals surface area contributed by atoms with Crippen molar-refractivity contribution in [3.05, 3.63) is 29.8 Å². The molecule has 1 saturated carbocycles. The molecule has 0 aromatic heterocycles. The maximum Gasteiger partial charge on any atom is 0.251 e. The minimum absolute atomic E-state index is 0.00937. The van der Waals surface area contributed by atoms with E-state index >= 15 is 0 Å². The number of nitrogens with one attached hydrogen (secondary N) is 2. The van der Waals surface area contributed by atoms with Crippen molar-refractivity contribution in [1.29, 1.82) is 0 Å². The van der Waals surface area contributed by atoms with Gasteiger partial charge in [-0.2, -0.15) is 0 Å². The summed E-state index contributed by atoms with van der Waals surface area (Å²) in [6, 6.07) is 7.17. The molecule has 4 N–H and O–H groups in total. The molecule has 1 fully saturated rings. The van der Waals surface area contributed by atoms with Crippen LogP contribution in [0.5, 0.6) is 0 Å². The Hall–Kier alpha value is -1.55. The summed E-state index contributed by atoms with van der Waals surface area (Å²) in [5, 5.41) is 3.14. The Balaban J connectivity index is 2.03. The van der Waals surface area contributed by atoms with E-state index in [1.165, 1.54) is 6.42 Å². The highest BCUT2D eigenvalue weighted by molar-refractivity contribution is 5.95. The molecule has 1 aliphatic carbocycles. The smallest absolute Gasteiger partial charge is 0.251 e. The summed E-state index contributed by atoms with van der Waals surface area (Å²) < 4.78 is 0. The summed E-state index contributed by atoms with van der Waals surface area (Å²) in [5.74, 6) is 5.29. The van der Waals surface area contributed by atoms with E-state index < -0.39 is 0 Å². The number of nitrogens with two attached hydrogens (primary N) is 1. The number of anilines is 1. The molecule has 0 atom stereocenters. The van der Waals surface area contributed by atoms with Crippen molar-refractivity contribution in [2.45, 2.75) is 38.1 Å². The third-order valence-corrected chi connectivity index (χ3v) is 3.68. The van der Waals surface area contributed by atoms with Gasteiger partial charge in [0.05, 0.1) is 0 Å². The fourth-order valence-corrected chi connectivity index (χ4v) is 2.20. The molecule has 92 valence electrons.